The fraction of sp³-hybridized carbons (Fsp3) is 0.818. The van der Waals surface area contributed by atoms with Crippen LogP contribution >= 0.6 is 0 Å². The molecule has 19 heavy (non-hydrogen) atoms. The van der Waals surface area contributed by atoms with Crippen molar-refractivity contribution in [2.24, 2.45) is 5.41 Å². The largest absolute Gasteiger partial charge is 0.480 e. The predicted molar refractivity (Wildman–Crippen MR) is 60.5 cm³/mol. The SMILES string of the molecule is CC(C)(C)[C@@H](NC(=O)CCOCC(F)(F)F)C(=O)O. The van der Waals surface area contributed by atoms with Crippen LogP contribution in [0.2, 0.25) is 0 Å². The van der Waals surface area contributed by atoms with Crippen molar-refractivity contribution in [1.82, 2.24) is 5.32 Å². The highest BCUT2D eigenvalue weighted by molar-refractivity contribution is 5.84. The molecule has 0 aromatic rings. The van der Waals surface area contributed by atoms with Gasteiger partial charge in [0.15, 0.2) is 0 Å². The third kappa shape index (κ3) is 8.41. The molecular weight excluding hydrogens is 267 g/mol. The van der Waals surface area contributed by atoms with E-state index in [1.165, 1.54) is 0 Å². The number of carbonyl (C=O) groups excluding carboxylic acids is 1. The lowest BCUT2D eigenvalue weighted by Gasteiger charge is -2.27. The number of halogens is 3. The molecule has 0 aromatic carbocycles. The molecule has 0 heterocycles. The van der Waals surface area contributed by atoms with Crippen molar-refractivity contribution in [2.75, 3.05) is 13.2 Å². The summed E-state index contributed by atoms with van der Waals surface area (Å²) in [6.07, 6.45) is -4.76. The zero-order chi connectivity index (χ0) is 15.3. The molecule has 5 nitrogen and oxygen atoms in total. The van der Waals surface area contributed by atoms with Crippen LogP contribution in [0.1, 0.15) is 27.2 Å². The Balaban J connectivity index is 4.13. The van der Waals surface area contributed by atoms with Gasteiger partial charge in [0.25, 0.3) is 0 Å². The van der Waals surface area contributed by atoms with Crippen molar-refractivity contribution in [3.8, 4) is 0 Å². The lowest BCUT2D eigenvalue weighted by Crippen LogP contribution is -2.49. The molecule has 0 aliphatic rings. The summed E-state index contributed by atoms with van der Waals surface area (Å²) in [5.41, 5.74) is -0.700. The van der Waals surface area contributed by atoms with E-state index in [2.05, 4.69) is 10.1 Å². The maximum atomic E-state index is 11.7. The standard InChI is InChI=1S/C11H18F3NO4/c1-10(2,3)8(9(17)18)15-7(16)4-5-19-6-11(12,13)14/h8H,4-6H2,1-3H3,(H,15,16)(H,17,18)/t8-/m0/s1. The Bertz CT molecular complexity index is 323. The van der Waals surface area contributed by atoms with E-state index in [9.17, 15) is 22.8 Å². The summed E-state index contributed by atoms with van der Waals surface area (Å²) in [6, 6.07) is -1.11. The summed E-state index contributed by atoms with van der Waals surface area (Å²) in [5, 5.41) is 11.2. The molecule has 1 amide bonds. The highest BCUT2D eigenvalue weighted by Gasteiger charge is 2.32. The fourth-order valence-electron chi connectivity index (χ4n) is 1.23. The van der Waals surface area contributed by atoms with Gasteiger partial charge in [-0.05, 0) is 5.41 Å². The Labute approximate surface area is 109 Å². The van der Waals surface area contributed by atoms with Gasteiger partial charge in [-0.25, -0.2) is 4.79 Å². The third-order valence-corrected chi connectivity index (χ3v) is 2.16. The molecule has 0 aliphatic heterocycles. The van der Waals surface area contributed by atoms with Crippen LogP contribution in [0.3, 0.4) is 0 Å². The van der Waals surface area contributed by atoms with Crippen molar-refractivity contribution in [3.63, 3.8) is 0 Å². The average molecular weight is 285 g/mol. The Hall–Kier alpha value is -1.31. The Morgan fingerprint density at radius 2 is 1.79 bits per heavy atom. The number of rotatable bonds is 6. The van der Waals surface area contributed by atoms with Crippen LogP contribution in [-0.2, 0) is 14.3 Å². The molecule has 8 heteroatoms. The molecule has 1 atom stereocenters. The Morgan fingerprint density at radius 3 is 2.16 bits per heavy atom. The summed E-state index contributed by atoms with van der Waals surface area (Å²) >= 11 is 0. The topological polar surface area (TPSA) is 75.6 Å². The minimum atomic E-state index is -4.44. The summed E-state index contributed by atoms with van der Waals surface area (Å²) < 4.78 is 39.5. The molecule has 0 bridgehead atoms. The molecule has 0 rings (SSSR count). The number of amides is 1. The maximum absolute atomic E-state index is 11.7. The normalized spacial score (nSPS) is 14.0. The number of aliphatic carboxylic acids is 1. The van der Waals surface area contributed by atoms with Crippen molar-refractivity contribution in [1.29, 1.82) is 0 Å². The molecular formula is C11H18F3NO4. The highest BCUT2D eigenvalue weighted by atomic mass is 19.4. The van der Waals surface area contributed by atoms with Gasteiger partial charge in [0, 0.05) is 6.42 Å². The maximum Gasteiger partial charge on any atom is 0.411 e. The third-order valence-electron chi connectivity index (χ3n) is 2.16. The van der Waals surface area contributed by atoms with Gasteiger partial charge < -0.3 is 15.2 Å². The second kappa shape index (κ2) is 6.74. The monoisotopic (exact) mass is 285 g/mol. The van der Waals surface area contributed by atoms with Gasteiger partial charge in [-0.3, -0.25) is 4.79 Å². The second-order valence-corrected chi connectivity index (χ2v) is 5.12. The quantitative estimate of drug-likeness (QED) is 0.726. The number of hydrogen-bond donors (Lipinski definition) is 2. The van der Waals surface area contributed by atoms with Gasteiger partial charge in [-0.15, -0.1) is 0 Å². The number of ether oxygens (including phenoxy) is 1. The van der Waals surface area contributed by atoms with E-state index in [0.717, 1.165) is 0 Å². The van der Waals surface area contributed by atoms with Crippen LogP contribution in [0.4, 0.5) is 13.2 Å². The van der Waals surface area contributed by atoms with Gasteiger partial charge in [0.1, 0.15) is 12.6 Å². The van der Waals surface area contributed by atoms with E-state index in [1.807, 2.05) is 0 Å². The summed E-state index contributed by atoms with van der Waals surface area (Å²) in [6.45, 7) is 3.05. The summed E-state index contributed by atoms with van der Waals surface area (Å²) in [5.74, 6) is -1.86. The molecule has 0 radical (unpaired) electrons. The van der Waals surface area contributed by atoms with Crippen molar-refractivity contribution < 1.29 is 32.6 Å². The lowest BCUT2D eigenvalue weighted by atomic mass is 9.86. The van der Waals surface area contributed by atoms with E-state index >= 15 is 0 Å². The molecule has 0 fully saturated rings. The van der Waals surface area contributed by atoms with E-state index in [4.69, 9.17) is 5.11 Å². The number of hydrogen-bond acceptors (Lipinski definition) is 3. The van der Waals surface area contributed by atoms with Crippen molar-refractivity contribution >= 4 is 11.9 Å². The van der Waals surface area contributed by atoms with Crippen LogP contribution in [-0.4, -0.2) is 42.4 Å². The molecule has 0 unspecified atom stereocenters. The first kappa shape index (κ1) is 17.7. The molecule has 0 aromatic heterocycles. The van der Waals surface area contributed by atoms with E-state index in [1.54, 1.807) is 20.8 Å². The molecule has 0 aliphatic carbocycles. The number of carbonyl (C=O) groups is 2. The van der Waals surface area contributed by atoms with E-state index in [0.29, 0.717) is 0 Å². The molecule has 0 spiro atoms. The minimum absolute atomic E-state index is 0.323. The fourth-order valence-corrected chi connectivity index (χ4v) is 1.23. The van der Waals surface area contributed by atoms with Gasteiger partial charge in [-0.1, -0.05) is 20.8 Å². The van der Waals surface area contributed by atoms with Crippen LogP contribution in [0.25, 0.3) is 0 Å². The zero-order valence-corrected chi connectivity index (χ0v) is 11.0. The van der Waals surface area contributed by atoms with E-state index in [-0.39, 0.29) is 6.42 Å². The van der Waals surface area contributed by atoms with Crippen LogP contribution < -0.4 is 5.32 Å². The van der Waals surface area contributed by atoms with Crippen LogP contribution in [0.15, 0.2) is 0 Å². The first-order valence-electron chi connectivity index (χ1n) is 5.60. The minimum Gasteiger partial charge on any atom is -0.480 e. The molecule has 0 saturated heterocycles. The lowest BCUT2D eigenvalue weighted by molar-refractivity contribution is -0.174. The smallest absolute Gasteiger partial charge is 0.411 e. The average Bonchev–Trinajstić information content (AvgIpc) is 2.17. The Kier molecular flexibility index (Phi) is 6.28. The van der Waals surface area contributed by atoms with E-state index < -0.39 is 42.7 Å². The van der Waals surface area contributed by atoms with Gasteiger partial charge in [-0.2, -0.15) is 13.2 Å². The van der Waals surface area contributed by atoms with Gasteiger partial charge in [0.05, 0.1) is 6.61 Å². The molecule has 2 N–H and O–H groups in total. The summed E-state index contributed by atoms with van der Waals surface area (Å²) in [4.78, 5) is 22.3. The highest BCUT2D eigenvalue weighted by Crippen LogP contribution is 2.19. The molecule has 0 saturated carbocycles. The van der Waals surface area contributed by atoms with Crippen LogP contribution in [0, 0.1) is 5.41 Å². The first-order valence-corrected chi connectivity index (χ1v) is 5.60. The van der Waals surface area contributed by atoms with Crippen LogP contribution in [0.5, 0.6) is 0 Å². The van der Waals surface area contributed by atoms with Crippen molar-refractivity contribution in [2.45, 2.75) is 39.4 Å². The second-order valence-electron chi connectivity index (χ2n) is 5.12. The van der Waals surface area contributed by atoms with Gasteiger partial charge in [0.2, 0.25) is 5.91 Å². The zero-order valence-electron chi connectivity index (χ0n) is 11.0. The number of carboxylic acid groups (broad SMARTS) is 1. The molecule has 112 valence electrons. The van der Waals surface area contributed by atoms with Crippen molar-refractivity contribution in [3.05, 3.63) is 0 Å². The van der Waals surface area contributed by atoms with Gasteiger partial charge >= 0.3 is 12.1 Å². The Morgan fingerprint density at radius 1 is 1.26 bits per heavy atom. The summed E-state index contributed by atoms with van der Waals surface area (Å²) in [7, 11) is 0. The number of carboxylic acids is 1. The predicted octanol–water partition coefficient (Wildman–Crippen LogP) is 1.57. The number of alkyl halides is 3. The first-order chi connectivity index (χ1) is 8.43. The number of nitrogens with one attached hydrogen (secondary N) is 1.